The van der Waals surface area contributed by atoms with Crippen LogP contribution in [0.4, 0.5) is 6.01 Å². The first-order valence-electron chi connectivity index (χ1n) is 4.58. The summed E-state index contributed by atoms with van der Waals surface area (Å²) in [6.45, 7) is 2.04. The Kier molecular flexibility index (Phi) is 2.49. The Morgan fingerprint density at radius 3 is 2.67 bits per heavy atom. The second-order valence-corrected chi connectivity index (χ2v) is 3.17. The first-order valence-corrected chi connectivity index (χ1v) is 4.58. The van der Waals surface area contributed by atoms with Crippen molar-refractivity contribution in [1.82, 2.24) is 10.2 Å². The van der Waals surface area contributed by atoms with Crippen LogP contribution in [0, 0.1) is 6.92 Å². The van der Waals surface area contributed by atoms with E-state index in [0.29, 0.717) is 5.89 Å². The van der Waals surface area contributed by atoms with E-state index in [2.05, 4.69) is 10.2 Å². The molecule has 0 saturated carbocycles. The third kappa shape index (κ3) is 2.22. The lowest BCUT2D eigenvalue weighted by atomic mass is 10.1. The number of hydrogen-bond donors (Lipinski definition) is 1. The van der Waals surface area contributed by atoms with Gasteiger partial charge in [0.15, 0.2) is 0 Å². The summed E-state index contributed by atoms with van der Waals surface area (Å²) in [5.74, 6) is 0.413. The average molecular weight is 201 g/mol. The molecule has 0 amide bonds. The summed E-state index contributed by atoms with van der Waals surface area (Å²) in [5, 5.41) is 7.29. The zero-order valence-corrected chi connectivity index (χ0v) is 8.34. The number of anilines is 1. The van der Waals surface area contributed by atoms with Crippen LogP contribution in [-0.4, -0.2) is 10.2 Å². The highest BCUT2D eigenvalue weighted by Gasteiger charge is 1.97. The normalized spacial score (nSPS) is 11.0. The highest BCUT2D eigenvalue weighted by atomic mass is 16.4. The zero-order valence-electron chi connectivity index (χ0n) is 8.34. The highest BCUT2D eigenvalue weighted by Crippen LogP contribution is 2.11. The van der Waals surface area contributed by atoms with Crippen molar-refractivity contribution >= 4 is 18.2 Å². The molecular weight excluding hydrogens is 190 g/mol. The van der Waals surface area contributed by atoms with Crippen LogP contribution in [0.3, 0.4) is 0 Å². The van der Waals surface area contributed by atoms with Gasteiger partial charge in [0, 0.05) is 6.08 Å². The first-order chi connectivity index (χ1) is 7.25. The number of aromatic nitrogens is 2. The summed E-state index contributed by atoms with van der Waals surface area (Å²) in [7, 11) is 0. The molecule has 2 N–H and O–H groups in total. The van der Waals surface area contributed by atoms with Crippen LogP contribution in [0.2, 0.25) is 0 Å². The summed E-state index contributed by atoms with van der Waals surface area (Å²) in [4.78, 5) is 0. The summed E-state index contributed by atoms with van der Waals surface area (Å²) in [6.07, 6.45) is 3.66. The molecule has 0 radical (unpaired) electrons. The fourth-order valence-corrected chi connectivity index (χ4v) is 1.25. The summed E-state index contributed by atoms with van der Waals surface area (Å²) >= 11 is 0. The highest BCUT2D eigenvalue weighted by molar-refractivity contribution is 5.67. The molecule has 4 nitrogen and oxygen atoms in total. The van der Waals surface area contributed by atoms with Gasteiger partial charge < -0.3 is 10.2 Å². The molecule has 0 saturated heterocycles. The van der Waals surface area contributed by atoms with E-state index in [9.17, 15) is 0 Å². The fourth-order valence-electron chi connectivity index (χ4n) is 1.25. The summed E-state index contributed by atoms with van der Waals surface area (Å²) < 4.78 is 5.01. The fraction of sp³-hybridized carbons (Fsp3) is 0.0909. The van der Waals surface area contributed by atoms with Gasteiger partial charge >= 0.3 is 6.01 Å². The van der Waals surface area contributed by atoms with Gasteiger partial charge in [0.25, 0.3) is 0 Å². The van der Waals surface area contributed by atoms with E-state index in [4.69, 9.17) is 10.2 Å². The van der Waals surface area contributed by atoms with Gasteiger partial charge in [0.2, 0.25) is 5.89 Å². The van der Waals surface area contributed by atoms with Crippen LogP contribution in [0.25, 0.3) is 12.2 Å². The molecule has 0 aliphatic rings. The molecule has 4 heteroatoms. The second kappa shape index (κ2) is 3.96. The maximum Gasteiger partial charge on any atom is 0.313 e. The number of aryl methyl sites for hydroxylation is 1. The van der Waals surface area contributed by atoms with Crippen LogP contribution < -0.4 is 5.73 Å². The molecule has 15 heavy (non-hydrogen) atoms. The average Bonchev–Trinajstić information content (AvgIpc) is 2.63. The van der Waals surface area contributed by atoms with Crippen LogP contribution in [-0.2, 0) is 0 Å². The van der Waals surface area contributed by atoms with Gasteiger partial charge in [-0.2, -0.15) is 0 Å². The van der Waals surface area contributed by atoms with Crippen molar-refractivity contribution in [2.24, 2.45) is 0 Å². The molecule has 0 bridgehead atoms. The predicted octanol–water partition coefficient (Wildman–Crippen LogP) is 2.13. The van der Waals surface area contributed by atoms with Crippen molar-refractivity contribution in [2.75, 3.05) is 5.73 Å². The van der Waals surface area contributed by atoms with Crippen LogP contribution >= 0.6 is 0 Å². The Hall–Kier alpha value is -2.10. The lowest BCUT2D eigenvalue weighted by Crippen LogP contribution is -1.81. The summed E-state index contributed by atoms with van der Waals surface area (Å²) in [6, 6.07) is 8.12. The lowest BCUT2D eigenvalue weighted by molar-refractivity contribution is 0.563. The predicted molar refractivity (Wildman–Crippen MR) is 58.8 cm³/mol. The second-order valence-electron chi connectivity index (χ2n) is 3.17. The molecule has 1 aromatic carbocycles. The Balaban J connectivity index is 2.22. The minimum Gasteiger partial charge on any atom is -0.404 e. The largest absolute Gasteiger partial charge is 0.404 e. The van der Waals surface area contributed by atoms with E-state index in [1.54, 1.807) is 6.08 Å². The smallest absolute Gasteiger partial charge is 0.313 e. The Bertz CT molecular complexity index is 488. The molecule has 0 fully saturated rings. The summed E-state index contributed by atoms with van der Waals surface area (Å²) in [5.41, 5.74) is 7.62. The number of hydrogen-bond acceptors (Lipinski definition) is 4. The molecule has 0 atom stereocenters. The van der Waals surface area contributed by atoms with E-state index >= 15 is 0 Å². The molecule has 2 rings (SSSR count). The van der Waals surface area contributed by atoms with Crippen molar-refractivity contribution < 1.29 is 4.42 Å². The molecule has 2 aromatic rings. The van der Waals surface area contributed by atoms with E-state index in [-0.39, 0.29) is 6.01 Å². The van der Waals surface area contributed by atoms with E-state index in [0.717, 1.165) is 5.56 Å². The Labute approximate surface area is 87.4 Å². The number of nitrogen functional groups attached to an aromatic ring is 1. The zero-order chi connectivity index (χ0) is 10.7. The maximum atomic E-state index is 5.30. The quantitative estimate of drug-likeness (QED) is 0.808. The third-order valence-electron chi connectivity index (χ3n) is 2.05. The van der Waals surface area contributed by atoms with Gasteiger partial charge in [-0.1, -0.05) is 29.4 Å². The van der Waals surface area contributed by atoms with Crippen molar-refractivity contribution in [3.63, 3.8) is 0 Å². The van der Waals surface area contributed by atoms with Gasteiger partial charge in [0.05, 0.1) is 0 Å². The molecule has 76 valence electrons. The van der Waals surface area contributed by atoms with Crippen molar-refractivity contribution in [3.8, 4) is 0 Å². The monoisotopic (exact) mass is 201 g/mol. The molecule has 0 unspecified atom stereocenters. The molecule has 0 aliphatic heterocycles. The van der Waals surface area contributed by atoms with Crippen LogP contribution in [0.1, 0.15) is 17.0 Å². The molecule has 1 heterocycles. The van der Waals surface area contributed by atoms with E-state index in [1.807, 2.05) is 37.3 Å². The lowest BCUT2D eigenvalue weighted by Gasteiger charge is -1.96. The van der Waals surface area contributed by atoms with Crippen LogP contribution in [0.5, 0.6) is 0 Å². The van der Waals surface area contributed by atoms with Crippen molar-refractivity contribution in [1.29, 1.82) is 0 Å². The van der Waals surface area contributed by atoms with Gasteiger partial charge in [-0.15, -0.1) is 5.10 Å². The molecule has 0 spiro atoms. The van der Waals surface area contributed by atoms with Gasteiger partial charge in [0.1, 0.15) is 0 Å². The number of rotatable bonds is 2. The molecule has 0 aliphatic carbocycles. The van der Waals surface area contributed by atoms with Crippen LogP contribution in [0.15, 0.2) is 28.7 Å². The van der Waals surface area contributed by atoms with E-state index in [1.165, 1.54) is 5.56 Å². The van der Waals surface area contributed by atoms with Crippen molar-refractivity contribution in [3.05, 3.63) is 41.3 Å². The van der Waals surface area contributed by atoms with Gasteiger partial charge in [-0.25, -0.2) is 0 Å². The molecule has 1 aromatic heterocycles. The first kappa shape index (κ1) is 9.45. The van der Waals surface area contributed by atoms with Crippen molar-refractivity contribution in [2.45, 2.75) is 6.92 Å². The Morgan fingerprint density at radius 1 is 1.20 bits per heavy atom. The minimum atomic E-state index is 0.0828. The maximum absolute atomic E-state index is 5.30. The number of benzene rings is 1. The molecular formula is C11H11N3O. The third-order valence-corrected chi connectivity index (χ3v) is 2.05. The van der Waals surface area contributed by atoms with Gasteiger partial charge in [-0.05, 0) is 24.1 Å². The van der Waals surface area contributed by atoms with E-state index < -0.39 is 0 Å². The van der Waals surface area contributed by atoms with Gasteiger partial charge in [-0.3, -0.25) is 0 Å². The standard InChI is InChI=1S/C11H11N3O/c1-8-4-2-3-5-9(8)6-7-10-13-14-11(12)15-10/h2-7H,1H3,(H2,12,14)/b7-6+. The minimum absolute atomic E-state index is 0.0828. The number of nitrogens with zero attached hydrogens (tertiary/aromatic N) is 2. The topological polar surface area (TPSA) is 64.9 Å². The number of nitrogens with two attached hydrogens (primary N) is 1. The SMILES string of the molecule is Cc1ccccc1/C=C/c1nnc(N)o1. The Morgan fingerprint density at radius 2 is 2.00 bits per heavy atom.